The Bertz CT molecular complexity index is 647. The third-order valence-electron chi connectivity index (χ3n) is 3.01. The van der Waals surface area contributed by atoms with Gasteiger partial charge in [-0.15, -0.1) is 5.01 Å². The number of anilines is 1. The smallest absolute Gasteiger partial charge is 0.217 e. The van der Waals surface area contributed by atoms with Crippen LogP contribution in [0.5, 0.6) is 0 Å². The van der Waals surface area contributed by atoms with Crippen LogP contribution in [0.1, 0.15) is 5.56 Å². The maximum Gasteiger partial charge on any atom is 0.282 e. The minimum Gasteiger partial charge on any atom is -0.217 e. The topological polar surface area (TPSA) is 32.9 Å². The molecule has 2 heterocycles. The van der Waals surface area contributed by atoms with Crippen LogP contribution in [0.15, 0.2) is 77.8 Å². The Morgan fingerprint density at radius 1 is 0.905 bits per heavy atom. The Labute approximate surface area is 131 Å². The van der Waals surface area contributed by atoms with Crippen molar-refractivity contribution in [1.29, 1.82) is 0 Å². The molecule has 0 aliphatic rings. The molecule has 0 spiro atoms. The van der Waals surface area contributed by atoms with Crippen LogP contribution < -0.4 is 9.69 Å². The van der Waals surface area contributed by atoms with Gasteiger partial charge in [0.2, 0.25) is 0 Å². The second-order valence-corrected chi connectivity index (χ2v) is 5.40. The van der Waals surface area contributed by atoms with Gasteiger partial charge in [-0.2, -0.15) is 0 Å². The van der Waals surface area contributed by atoms with Gasteiger partial charge >= 0.3 is 0 Å². The first-order valence-corrected chi connectivity index (χ1v) is 7.38. The SMILES string of the molecule is Brc1ccc(CN(c2ncccn2)[n+]2ccccc2)cc1. The molecule has 0 unspecified atom stereocenters. The second kappa shape index (κ2) is 6.45. The van der Waals surface area contributed by atoms with Crippen LogP contribution in [0, 0.1) is 0 Å². The minimum atomic E-state index is 0.664. The maximum atomic E-state index is 4.35. The summed E-state index contributed by atoms with van der Waals surface area (Å²) in [6, 6.07) is 16.0. The van der Waals surface area contributed by atoms with Crippen LogP contribution in [0.4, 0.5) is 5.95 Å². The van der Waals surface area contributed by atoms with Gasteiger partial charge in [0.05, 0.1) is 0 Å². The fourth-order valence-electron chi connectivity index (χ4n) is 1.99. The normalized spacial score (nSPS) is 10.3. The van der Waals surface area contributed by atoms with Gasteiger partial charge in [-0.3, -0.25) is 0 Å². The molecule has 5 heteroatoms. The first-order chi connectivity index (χ1) is 10.3. The summed E-state index contributed by atoms with van der Waals surface area (Å²) in [4.78, 5) is 8.71. The summed E-state index contributed by atoms with van der Waals surface area (Å²) in [5, 5.41) is 2.02. The molecule has 0 aliphatic heterocycles. The molecule has 0 saturated carbocycles. The van der Waals surface area contributed by atoms with Crippen molar-refractivity contribution in [1.82, 2.24) is 9.97 Å². The van der Waals surface area contributed by atoms with Gasteiger partial charge in [-0.05, 0) is 23.8 Å². The lowest BCUT2D eigenvalue weighted by Crippen LogP contribution is -2.54. The van der Waals surface area contributed by atoms with Crippen LogP contribution in [0.2, 0.25) is 0 Å². The highest BCUT2D eigenvalue weighted by atomic mass is 79.9. The van der Waals surface area contributed by atoms with Crippen LogP contribution in [-0.4, -0.2) is 9.97 Å². The number of benzene rings is 1. The molecule has 3 rings (SSSR count). The van der Waals surface area contributed by atoms with Crippen molar-refractivity contribution >= 4 is 21.9 Å². The van der Waals surface area contributed by atoms with Crippen LogP contribution in [0.3, 0.4) is 0 Å². The Morgan fingerprint density at radius 2 is 1.57 bits per heavy atom. The Hall–Kier alpha value is -2.27. The molecule has 0 amide bonds. The monoisotopic (exact) mass is 341 g/mol. The van der Waals surface area contributed by atoms with Gasteiger partial charge in [-0.1, -0.05) is 38.8 Å². The van der Waals surface area contributed by atoms with E-state index in [0.717, 1.165) is 4.47 Å². The molecule has 0 N–H and O–H groups in total. The number of rotatable bonds is 4. The molecule has 0 atom stereocenters. The van der Waals surface area contributed by atoms with Crippen LogP contribution >= 0.6 is 15.9 Å². The Kier molecular flexibility index (Phi) is 4.21. The number of halogens is 1. The van der Waals surface area contributed by atoms with Crippen molar-refractivity contribution in [3.63, 3.8) is 0 Å². The van der Waals surface area contributed by atoms with Gasteiger partial charge in [0.15, 0.2) is 12.4 Å². The number of nitrogens with zero attached hydrogens (tertiary/aromatic N) is 4. The van der Waals surface area contributed by atoms with E-state index in [1.165, 1.54) is 5.56 Å². The van der Waals surface area contributed by atoms with E-state index in [1.807, 2.05) is 58.5 Å². The molecule has 0 aliphatic carbocycles. The molecule has 0 bridgehead atoms. The summed E-state index contributed by atoms with van der Waals surface area (Å²) < 4.78 is 3.05. The maximum absolute atomic E-state index is 4.35. The predicted molar refractivity (Wildman–Crippen MR) is 84.4 cm³/mol. The van der Waals surface area contributed by atoms with Gasteiger partial charge in [0.25, 0.3) is 5.95 Å². The molecule has 2 aromatic heterocycles. The zero-order valence-corrected chi connectivity index (χ0v) is 12.9. The summed E-state index contributed by atoms with van der Waals surface area (Å²) in [5.74, 6) is 0.664. The zero-order valence-electron chi connectivity index (χ0n) is 11.3. The van der Waals surface area contributed by atoms with E-state index < -0.39 is 0 Å². The first-order valence-electron chi connectivity index (χ1n) is 6.58. The van der Waals surface area contributed by atoms with E-state index in [1.54, 1.807) is 12.4 Å². The van der Waals surface area contributed by atoms with Crippen LogP contribution in [0.25, 0.3) is 0 Å². The molecule has 0 fully saturated rings. The van der Waals surface area contributed by atoms with Gasteiger partial charge in [0, 0.05) is 29.0 Å². The van der Waals surface area contributed by atoms with Gasteiger partial charge in [0.1, 0.15) is 6.54 Å². The fourth-order valence-corrected chi connectivity index (χ4v) is 2.26. The molecule has 21 heavy (non-hydrogen) atoms. The second-order valence-electron chi connectivity index (χ2n) is 4.49. The Morgan fingerprint density at radius 3 is 2.24 bits per heavy atom. The highest BCUT2D eigenvalue weighted by molar-refractivity contribution is 9.10. The van der Waals surface area contributed by atoms with Crippen molar-refractivity contribution in [2.75, 3.05) is 5.01 Å². The zero-order chi connectivity index (χ0) is 14.5. The lowest BCUT2D eigenvalue weighted by atomic mass is 10.2. The highest BCUT2D eigenvalue weighted by Crippen LogP contribution is 2.13. The third kappa shape index (κ3) is 3.44. The number of hydrogen-bond donors (Lipinski definition) is 0. The first kappa shape index (κ1) is 13.7. The molecule has 4 nitrogen and oxygen atoms in total. The Balaban J connectivity index is 1.95. The summed E-state index contributed by atoms with van der Waals surface area (Å²) in [7, 11) is 0. The van der Waals surface area contributed by atoms with E-state index in [9.17, 15) is 0 Å². The summed E-state index contributed by atoms with van der Waals surface area (Å²) in [6.45, 7) is 0.686. The standard InChI is InChI=1S/C16H14BrN4/c17-15-7-5-14(6-8-15)13-21(16-18-9-4-10-19-16)20-11-2-1-3-12-20/h1-12H,13H2/q+1. The molecule has 3 aromatic rings. The van der Waals surface area contributed by atoms with Crippen molar-refractivity contribution in [3.8, 4) is 0 Å². The number of pyridine rings is 1. The highest BCUT2D eigenvalue weighted by Gasteiger charge is 2.18. The largest absolute Gasteiger partial charge is 0.282 e. The molecule has 0 saturated heterocycles. The summed E-state index contributed by atoms with van der Waals surface area (Å²) in [5.41, 5.74) is 1.18. The van der Waals surface area contributed by atoms with Crippen LogP contribution in [-0.2, 0) is 6.54 Å². The third-order valence-corrected chi connectivity index (χ3v) is 3.54. The molecule has 104 valence electrons. The van der Waals surface area contributed by atoms with E-state index >= 15 is 0 Å². The van der Waals surface area contributed by atoms with E-state index in [4.69, 9.17) is 0 Å². The van der Waals surface area contributed by atoms with Crippen molar-refractivity contribution < 1.29 is 4.68 Å². The lowest BCUT2D eigenvalue weighted by molar-refractivity contribution is -0.687. The fraction of sp³-hybridized carbons (Fsp3) is 0.0625. The van der Waals surface area contributed by atoms with E-state index in [2.05, 4.69) is 38.0 Å². The quantitative estimate of drug-likeness (QED) is 0.684. The number of aromatic nitrogens is 3. The summed E-state index contributed by atoms with van der Waals surface area (Å²) >= 11 is 3.46. The van der Waals surface area contributed by atoms with E-state index in [-0.39, 0.29) is 0 Å². The minimum absolute atomic E-state index is 0.664. The summed E-state index contributed by atoms with van der Waals surface area (Å²) in [6.07, 6.45) is 7.46. The van der Waals surface area contributed by atoms with Crippen molar-refractivity contribution in [2.24, 2.45) is 0 Å². The van der Waals surface area contributed by atoms with Crippen molar-refractivity contribution in [3.05, 3.63) is 83.4 Å². The van der Waals surface area contributed by atoms with E-state index in [0.29, 0.717) is 12.5 Å². The predicted octanol–water partition coefficient (Wildman–Crippen LogP) is 3.00. The molecular weight excluding hydrogens is 328 g/mol. The average molecular weight is 342 g/mol. The van der Waals surface area contributed by atoms with Crippen molar-refractivity contribution in [2.45, 2.75) is 6.54 Å². The van der Waals surface area contributed by atoms with Gasteiger partial charge in [-0.25, -0.2) is 9.97 Å². The molecule has 1 aromatic carbocycles. The molecule has 0 radical (unpaired) electrons. The molecular formula is C16H14BrN4+. The lowest BCUT2D eigenvalue weighted by Gasteiger charge is -2.15. The average Bonchev–Trinajstić information content (AvgIpc) is 2.56. The number of hydrogen-bond acceptors (Lipinski definition) is 3. The van der Waals surface area contributed by atoms with Gasteiger partial charge < -0.3 is 0 Å².